The maximum absolute atomic E-state index is 12.5. The molecular formula is C35H39N3O2. The van der Waals surface area contributed by atoms with Crippen molar-refractivity contribution in [1.82, 2.24) is 9.88 Å². The molecule has 0 unspecified atom stereocenters. The zero-order chi connectivity index (χ0) is 27.7. The fourth-order valence-electron chi connectivity index (χ4n) is 5.30. The fourth-order valence-corrected chi connectivity index (χ4v) is 5.30. The van der Waals surface area contributed by atoms with Crippen LogP contribution in [0, 0.1) is 0 Å². The molecule has 1 fully saturated rings. The summed E-state index contributed by atoms with van der Waals surface area (Å²) in [6.07, 6.45) is 5.26. The maximum Gasteiger partial charge on any atom is 0.137 e. The Morgan fingerprint density at radius 2 is 1.68 bits per heavy atom. The first kappa shape index (κ1) is 27.6. The van der Waals surface area contributed by atoms with Crippen LogP contribution < -0.4 is 9.64 Å². The first-order valence-electron chi connectivity index (χ1n) is 14.3. The third kappa shape index (κ3) is 7.36. The third-order valence-corrected chi connectivity index (χ3v) is 7.72. The molecule has 0 spiro atoms. The lowest BCUT2D eigenvalue weighted by Crippen LogP contribution is -2.48. The van der Waals surface area contributed by atoms with E-state index in [4.69, 9.17) is 4.74 Å². The summed E-state index contributed by atoms with van der Waals surface area (Å²) in [6.45, 7) is 9.34. The Labute approximate surface area is 238 Å². The van der Waals surface area contributed by atoms with Crippen LogP contribution in [0.5, 0.6) is 5.75 Å². The van der Waals surface area contributed by atoms with E-state index >= 15 is 0 Å². The van der Waals surface area contributed by atoms with E-state index in [0.717, 1.165) is 55.0 Å². The summed E-state index contributed by atoms with van der Waals surface area (Å²) in [5, 5.41) is 0. The molecule has 5 heteroatoms. The Kier molecular flexibility index (Phi) is 9.25. The van der Waals surface area contributed by atoms with E-state index in [-0.39, 0.29) is 5.78 Å². The van der Waals surface area contributed by atoms with Crippen LogP contribution in [-0.4, -0.2) is 47.9 Å². The van der Waals surface area contributed by atoms with Crippen molar-refractivity contribution in [3.8, 4) is 16.9 Å². The number of carbonyl (C=O) groups excluding carboxylic acids is 1. The van der Waals surface area contributed by atoms with Gasteiger partial charge in [0.1, 0.15) is 18.1 Å². The number of carbonyl (C=O) groups is 1. The molecule has 1 aromatic heterocycles. The normalized spacial score (nSPS) is 13.9. The largest absolute Gasteiger partial charge is 0.489 e. The monoisotopic (exact) mass is 533 g/mol. The molecule has 0 bridgehead atoms. The molecule has 0 N–H and O–H groups in total. The maximum atomic E-state index is 12.5. The first-order valence-corrected chi connectivity index (χ1v) is 14.3. The van der Waals surface area contributed by atoms with Crippen LogP contribution in [0.3, 0.4) is 0 Å². The Bertz CT molecular complexity index is 1380. The summed E-state index contributed by atoms with van der Waals surface area (Å²) in [7, 11) is 0. The number of hydrogen-bond acceptors (Lipinski definition) is 5. The number of piperazine rings is 1. The van der Waals surface area contributed by atoms with Gasteiger partial charge in [-0.2, -0.15) is 0 Å². The van der Waals surface area contributed by atoms with E-state index in [9.17, 15) is 4.79 Å². The number of anilines is 1. The second-order valence-corrected chi connectivity index (χ2v) is 10.8. The number of ether oxygens (including phenoxy) is 1. The molecule has 1 saturated heterocycles. The van der Waals surface area contributed by atoms with Crippen LogP contribution in [0.25, 0.3) is 11.1 Å². The SMILES string of the molecule is CC(C)N1CCN(c2cccc(-c3ccccc3COc3ccc(CC(=O)CCc4cccnc4)cc3)c2)CC1. The van der Waals surface area contributed by atoms with Gasteiger partial charge in [0.2, 0.25) is 0 Å². The predicted molar refractivity (Wildman–Crippen MR) is 163 cm³/mol. The highest BCUT2D eigenvalue weighted by molar-refractivity contribution is 5.81. The minimum absolute atomic E-state index is 0.232. The number of aryl methyl sites for hydroxylation is 1. The average Bonchev–Trinajstić information content (AvgIpc) is 3.00. The number of hydrogen-bond donors (Lipinski definition) is 0. The molecule has 0 atom stereocenters. The first-order chi connectivity index (χ1) is 19.5. The Morgan fingerprint density at radius 1 is 0.875 bits per heavy atom. The van der Waals surface area contributed by atoms with Gasteiger partial charge in [0, 0.05) is 63.1 Å². The average molecular weight is 534 g/mol. The minimum Gasteiger partial charge on any atom is -0.489 e. The van der Waals surface area contributed by atoms with Crippen LogP contribution in [0.1, 0.15) is 37.0 Å². The summed E-state index contributed by atoms with van der Waals surface area (Å²) < 4.78 is 6.19. The lowest BCUT2D eigenvalue weighted by atomic mass is 9.99. The van der Waals surface area contributed by atoms with E-state index in [0.29, 0.717) is 25.5 Å². The molecule has 4 aromatic rings. The van der Waals surface area contributed by atoms with Gasteiger partial charge in [0.25, 0.3) is 0 Å². The van der Waals surface area contributed by atoms with Gasteiger partial charge in [0.15, 0.2) is 0 Å². The van der Waals surface area contributed by atoms with Gasteiger partial charge < -0.3 is 9.64 Å². The van der Waals surface area contributed by atoms with Crippen molar-refractivity contribution in [3.63, 3.8) is 0 Å². The summed E-state index contributed by atoms with van der Waals surface area (Å²) >= 11 is 0. The quantitative estimate of drug-likeness (QED) is 0.217. The van der Waals surface area contributed by atoms with E-state index in [2.05, 4.69) is 77.2 Å². The highest BCUT2D eigenvalue weighted by Gasteiger charge is 2.19. The number of Topliss-reactive ketones (excluding diaryl/α,β-unsaturated/α-hetero) is 1. The van der Waals surface area contributed by atoms with Gasteiger partial charge in [-0.15, -0.1) is 0 Å². The minimum atomic E-state index is 0.232. The summed E-state index contributed by atoms with van der Waals surface area (Å²) in [4.78, 5) is 21.6. The number of benzene rings is 3. The number of pyridine rings is 1. The lowest BCUT2D eigenvalue weighted by Gasteiger charge is -2.38. The van der Waals surface area contributed by atoms with E-state index in [1.54, 1.807) is 6.20 Å². The van der Waals surface area contributed by atoms with E-state index in [1.807, 2.05) is 42.6 Å². The number of nitrogens with zero attached hydrogens (tertiary/aromatic N) is 3. The second-order valence-electron chi connectivity index (χ2n) is 10.8. The molecule has 0 radical (unpaired) electrons. The van der Waals surface area contributed by atoms with Crippen LogP contribution in [0.4, 0.5) is 5.69 Å². The van der Waals surface area contributed by atoms with Crippen molar-refractivity contribution in [2.24, 2.45) is 0 Å². The summed E-state index contributed by atoms with van der Waals surface area (Å²) in [5.74, 6) is 1.04. The van der Waals surface area contributed by atoms with Gasteiger partial charge in [-0.3, -0.25) is 14.7 Å². The molecule has 0 amide bonds. The lowest BCUT2D eigenvalue weighted by molar-refractivity contribution is -0.118. The molecule has 1 aliphatic rings. The Hall–Kier alpha value is -3.96. The predicted octanol–water partition coefficient (Wildman–Crippen LogP) is 6.60. The van der Waals surface area contributed by atoms with Crippen molar-refractivity contribution < 1.29 is 9.53 Å². The molecule has 3 aromatic carbocycles. The van der Waals surface area contributed by atoms with Crippen LogP contribution in [0.2, 0.25) is 0 Å². The Morgan fingerprint density at radius 3 is 2.42 bits per heavy atom. The Balaban J connectivity index is 1.18. The molecule has 5 rings (SSSR count). The number of rotatable bonds is 11. The smallest absolute Gasteiger partial charge is 0.137 e. The number of ketones is 1. The molecule has 5 nitrogen and oxygen atoms in total. The molecular weight excluding hydrogens is 494 g/mol. The van der Waals surface area contributed by atoms with Crippen molar-refractivity contribution in [1.29, 1.82) is 0 Å². The highest BCUT2D eigenvalue weighted by Crippen LogP contribution is 2.29. The van der Waals surface area contributed by atoms with Gasteiger partial charge in [0.05, 0.1) is 0 Å². The molecule has 0 saturated carbocycles. The summed E-state index contributed by atoms with van der Waals surface area (Å²) in [5.41, 5.74) is 6.94. The topological polar surface area (TPSA) is 45.7 Å². The van der Waals surface area contributed by atoms with Gasteiger partial charge in [-0.25, -0.2) is 0 Å². The van der Waals surface area contributed by atoms with E-state index in [1.165, 1.54) is 16.8 Å². The van der Waals surface area contributed by atoms with Gasteiger partial charge in [-0.05, 0) is 78.4 Å². The van der Waals surface area contributed by atoms with E-state index < -0.39 is 0 Å². The van der Waals surface area contributed by atoms with Crippen molar-refractivity contribution in [2.45, 2.75) is 45.8 Å². The van der Waals surface area contributed by atoms with Crippen LogP contribution in [0.15, 0.2) is 97.3 Å². The van der Waals surface area contributed by atoms with Crippen molar-refractivity contribution in [3.05, 3.63) is 114 Å². The molecule has 40 heavy (non-hydrogen) atoms. The second kappa shape index (κ2) is 13.4. The fraction of sp³-hybridized carbons (Fsp3) is 0.314. The van der Waals surface area contributed by atoms with Crippen molar-refractivity contribution in [2.75, 3.05) is 31.1 Å². The number of aromatic nitrogens is 1. The highest BCUT2D eigenvalue weighted by atomic mass is 16.5. The molecule has 0 aliphatic carbocycles. The molecule has 1 aliphatic heterocycles. The van der Waals surface area contributed by atoms with Crippen LogP contribution >= 0.6 is 0 Å². The third-order valence-electron chi connectivity index (χ3n) is 7.72. The van der Waals surface area contributed by atoms with Gasteiger partial charge in [-0.1, -0.05) is 54.6 Å². The standard InChI is InChI=1S/C35H39N3O2/c1-27(2)37-19-21-38(22-20-37)32-10-5-9-30(24-32)35-11-4-3-8-31(35)26-40-34-16-13-28(14-17-34)23-33(39)15-12-29-7-6-18-36-25-29/h3-11,13-14,16-18,24-25,27H,12,15,19-23,26H2,1-2H3. The zero-order valence-corrected chi connectivity index (χ0v) is 23.6. The molecule has 2 heterocycles. The summed E-state index contributed by atoms with van der Waals surface area (Å²) in [6, 6.07) is 29.8. The van der Waals surface area contributed by atoms with Crippen LogP contribution in [-0.2, 0) is 24.2 Å². The van der Waals surface area contributed by atoms with Gasteiger partial charge >= 0.3 is 0 Å². The van der Waals surface area contributed by atoms with Crippen molar-refractivity contribution >= 4 is 11.5 Å². The molecule has 206 valence electrons. The zero-order valence-electron chi connectivity index (χ0n) is 23.6.